The largest absolute Gasteiger partial charge is 0.312 e. The summed E-state index contributed by atoms with van der Waals surface area (Å²) in [6.45, 7) is 6.49. The highest BCUT2D eigenvalue weighted by molar-refractivity contribution is 7.89. The van der Waals surface area contributed by atoms with Crippen molar-refractivity contribution < 1.29 is 13.2 Å². The average Bonchev–Trinajstić information content (AvgIpc) is 3.41. The molecule has 0 aromatic heterocycles. The summed E-state index contributed by atoms with van der Waals surface area (Å²) in [5.74, 6) is 0.338. The second-order valence-electron chi connectivity index (χ2n) is 8.01. The minimum atomic E-state index is -3.65. The summed E-state index contributed by atoms with van der Waals surface area (Å²) in [7, 11) is -3.65. The van der Waals surface area contributed by atoms with Crippen LogP contribution in [0.3, 0.4) is 0 Å². The third-order valence-electron chi connectivity index (χ3n) is 5.68. The molecule has 148 valence electrons. The van der Waals surface area contributed by atoms with E-state index in [0.717, 1.165) is 40.8 Å². The van der Waals surface area contributed by atoms with Crippen molar-refractivity contribution in [3.05, 3.63) is 58.7 Å². The van der Waals surface area contributed by atoms with Gasteiger partial charge < -0.3 is 4.90 Å². The number of hydrogen-bond acceptors (Lipinski definition) is 3. The normalized spacial score (nSPS) is 17.5. The highest BCUT2D eigenvalue weighted by atomic mass is 32.2. The number of carbonyl (C=O) groups excluding carboxylic acids is 1. The van der Waals surface area contributed by atoms with E-state index in [1.54, 1.807) is 18.2 Å². The fourth-order valence-electron chi connectivity index (χ4n) is 3.92. The fourth-order valence-corrected chi connectivity index (χ4v) is 5.19. The maximum absolute atomic E-state index is 13.0. The van der Waals surface area contributed by atoms with Crippen LogP contribution in [0.2, 0.25) is 0 Å². The minimum absolute atomic E-state index is 0.162. The van der Waals surface area contributed by atoms with Crippen molar-refractivity contribution in [3.8, 4) is 0 Å². The Labute approximate surface area is 166 Å². The van der Waals surface area contributed by atoms with E-state index in [4.69, 9.17) is 0 Å². The molecule has 0 unspecified atom stereocenters. The molecule has 1 amide bonds. The van der Waals surface area contributed by atoms with Crippen LogP contribution in [0, 0.1) is 19.8 Å². The van der Waals surface area contributed by atoms with Crippen LogP contribution < -0.4 is 9.62 Å². The van der Waals surface area contributed by atoms with Crippen LogP contribution in [0.1, 0.15) is 48.1 Å². The number of hydrogen-bond donors (Lipinski definition) is 1. The number of amides is 1. The molecule has 2 aliphatic rings. The Morgan fingerprint density at radius 2 is 1.89 bits per heavy atom. The number of fused-ring (bicyclic) bond motifs is 1. The van der Waals surface area contributed by atoms with Crippen molar-refractivity contribution in [1.29, 1.82) is 0 Å². The first-order chi connectivity index (χ1) is 13.3. The third kappa shape index (κ3) is 3.59. The maximum Gasteiger partial charge on any atom is 0.241 e. The lowest BCUT2D eigenvalue weighted by atomic mass is 10.0. The summed E-state index contributed by atoms with van der Waals surface area (Å²) in [6, 6.07) is 10.8. The number of carbonyl (C=O) groups is 1. The number of anilines is 1. The molecule has 2 aromatic carbocycles. The Balaban J connectivity index is 1.56. The standard InChI is InChI=1S/C22H26N2O3S/c1-14-4-5-15(2)20(12-14)16(3)23-28(26,27)19-8-9-21-18(13-19)10-11-24(21)22(25)17-6-7-17/h4-5,8-9,12-13,16-17,23H,6-7,10-11H2,1-3H3/t16-/m0/s1. The first-order valence-electron chi connectivity index (χ1n) is 9.80. The molecule has 1 saturated carbocycles. The summed E-state index contributed by atoms with van der Waals surface area (Å²) in [4.78, 5) is 14.5. The summed E-state index contributed by atoms with van der Waals surface area (Å²) in [5, 5.41) is 0. The van der Waals surface area contributed by atoms with Gasteiger partial charge in [0.1, 0.15) is 0 Å². The van der Waals surface area contributed by atoms with E-state index < -0.39 is 10.0 Å². The van der Waals surface area contributed by atoms with E-state index in [-0.39, 0.29) is 22.8 Å². The molecule has 1 N–H and O–H groups in total. The molecule has 1 aliphatic heterocycles. The van der Waals surface area contributed by atoms with Gasteiger partial charge in [-0.3, -0.25) is 4.79 Å². The molecule has 1 aliphatic carbocycles. The van der Waals surface area contributed by atoms with Gasteiger partial charge in [-0.15, -0.1) is 0 Å². The lowest BCUT2D eigenvalue weighted by molar-refractivity contribution is -0.119. The number of benzene rings is 2. The SMILES string of the molecule is Cc1ccc(C)c([C@H](C)NS(=O)(=O)c2ccc3c(c2)CCN3C(=O)C2CC2)c1. The van der Waals surface area contributed by atoms with Crippen LogP contribution >= 0.6 is 0 Å². The van der Waals surface area contributed by atoms with Gasteiger partial charge in [-0.25, -0.2) is 13.1 Å². The molecule has 2 aromatic rings. The van der Waals surface area contributed by atoms with Crippen LogP contribution in [-0.2, 0) is 21.2 Å². The number of sulfonamides is 1. The van der Waals surface area contributed by atoms with Gasteiger partial charge in [0, 0.05) is 24.2 Å². The quantitative estimate of drug-likeness (QED) is 0.836. The zero-order chi connectivity index (χ0) is 20.1. The van der Waals surface area contributed by atoms with E-state index in [1.807, 2.05) is 43.9 Å². The van der Waals surface area contributed by atoms with Gasteiger partial charge in [-0.05, 0) is 74.9 Å². The predicted molar refractivity (Wildman–Crippen MR) is 110 cm³/mol. The van der Waals surface area contributed by atoms with Gasteiger partial charge in [0.2, 0.25) is 15.9 Å². The van der Waals surface area contributed by atoms with Crippen molar-refractivity contribution in [2.24, 2.45) is 5.92 Å². The minimum Gasteiger partial charge on any atom is -0.312 e. The highest BCUT2D eigenvalue weighted by Gasteiger charge is 2.36. The average molecular weight is 399 g/mol. The van der Waals surface area contributed by atoms with Gasteiger partial charge >= 0.3 is 0 Å². The Kier molecular flexibility index (Phi) is 4.79. The number of rotatable bonds is 5. The molecular formula is C22H26N2O3S. The molecule has 6 heteroatoms. The van der Waals surface area contributed by atoms with Crippen LogP contribution in [0.25, 0.3) is 0 Å². The molecule has 1 heterocycles. The van der Waals surface area contributed by atoms with Crippen LogP contribution in [0.4, 0.5) is 5.69 Å². The fraction of sp³-hybridized carbons (Fsp3) is 0.409. The number of nitrogens with zero attached hydrogens (tertiary/aromatic N) is 1. The topological polar surface area (TPSA) is 66.5 Å². The number of aryl methyl sites for hydroxylation is 2. The third-order valence-corrected chi connectivity index (χ3v) is 7.22. The van der Waals surface area contributed by atoms with Gasteiger partial charge in [-0.1, -0.05) is 23.8 Å². The van der Waals surface area contributed by atoms with E-state index >= 15 is 0 Å². The van der Waals surface area contributed by atoms with Gasteiger partial charge in [0.15, 0.2) is 0 Å². The van der Waals surface area contributed by atoms with Crippen molar-refractivity contribution >= 4 is 21.6 Å². The van der Waals surface area contributed by atoms with Gasteiger partial charge in [0.05, 0.1) is 4.90 Å². The molecule has 0 radical (unpaired) electrons. The van der Waals surface area contributed by atoms with Crippen LogP contribution in [0.5, 0.6) is 0 Å². The van der Waals surface area contributed by atoms with E-state index in [1.165, 1.54) is 0 Å². The monoisotopic (exact) mass is 398 g/mol. The smallest absolute Gasteiger partial charge is 0.241 e. The molecule has 1 atom stereocenters. The molecular weight excluding hydrogens is 372 g/mol. The van der Waals surface area contributed by atoms with Gasteiger partial charge in [0.25, 0.3) is 0 Å². The van der Waals surface area contributed by atoms with Crippen molar-refractivity contribution in [3.63, 3.8) is 0 Å². The lowest BCUT2D eigenvalue weighted by Gasteiger charge is -2.19. The van der Waals surface area contributed by atoms with E-state index in [2.05, 4.69) is 4.72 Å². The first-order valence-corrected chi connectivity index (χ1v) is 11.3. The lowest BCUT2D eigenvalue weighted by Crippen LogP contribution is -2.30. The van der Waals surface area contributed by atoms with Crippen molar-refractivity contribution in [2.45, 2.75) is 51.0 Å². The molecule has 0 bridgehead atoms. The maximum atomic E-state index is 13.0. The molecule has 0 saturated heterocycles. The Morgan fingerprint density at radius 1 is 1.14 bits per heavy atom. The van der Waals surface area contributed by atoms with Crippen LogP contribution in [0.15, 0.2) is 41.3 Å². The zero-order valence-electron chi connectivity index (χ0n) is 16.5. The Hall–Kier alpha value is -2.18. The summed E-state index contributed by atoms with van der Waals surface area (Å²) >= 11 is 0. The predicted octanol–water partition coefficient (Wildman–Crippen LogP) is 3.64. The Bertz CT molecular complexity index is 1040. The molecule has 5 nitrogen and oxygen atoms in total. The number of nitrogens with one attached hydrogen (secondary N) is 1. The first kappa shape index (κ1) is 19.2. The van der Waals surface area contributed by atoms with Crippen molar-refractivity contribution in [2.75, 3.05) is 11.4 Å². The summed E-state index contributed by atoms with van der Waals surface area (Å²) in [5.41, 5.74) is 4.93. The molecule has 4 rings (SSSR count). The van der Waals surface area contributed by atoms with Crippen LogP contribution in [-0.4, -0.2) is 20.9 Å². The molecule has 28 heavy (non-hydrogen) atoms. The molecule has 1 fully saturated rings. The van der Waals surface area contributed by atoms with Gasteiger partial charge in [-0.2, -0.15) is 0 Å². The van der Waals surface area contributed by atoms with E-state index in [9.17, 15) is 13.2 Å². The second-order valence-corrected chi connectivity index (χ2v) is 9.72. The Morgan fingerprint density at radius 3 is 2.61 bits per heavy atom. The second kappa shape index (κ2) is 7.01. The zero-order valence-corrected chi connectivity index (χ0v) is 17.3. The summed E-state index contributed by atoms with van der Waals surface area (Å²) < 4.78 is 28.7. The summed E-state index contributed by atoms with van der Waals surface area (Å²) in [6.07, 6.45) is 2.64. The highest BCUT2D eigenvalue weighted by Crippen LogP contribution is 2.37. The molecule has 0 spiro atoms. The van der Waals surface area contributed by atoms with E-state index in [0.29, 0.717) is 13.0 Å². The van der Waals surface area contributed by atoms with Crippen molar-refractivity contribution in [1.82, 2.24) is 4.72 Å².